The van der Waals surface area contributed by atoms with Gasteiger partial charge < -0.3 is 11.1 Å². The third kappa shape index (κ3) is 4.80. The molecule has 1 rings (SSSR count). The first kappa shape index (κ1) is 16.4. The van der Waals surface area contributed by atoms with Gasteiger partial charge in [-0.2, -0.15) is 8.78 Å². The molecule has 1 atom stereocenters. The maximum absolute atomic E-state index is 12.7. The van der Waals surface area contributed by atoms with E-state index in [0.717, 1.165) is 5.56 Å². The first-order valence-electron chi connectivity index (χ1n) is 6.04. The molecule has 7 heteroatoms. The van der Waals surface area contributed by atoms with Crippen molar-refractivity contribution < 1.29 is 22.4 Å². The Balaban J connectivity index is 2.56. The first-order chi connectivity index (χ1) is 9.36. The van der Waals surface area contributed by atoms with E-state index in [1.54, 1.807) is 30.3 Å². The molecule has 1 aromatic carbocycles. The van der Waals surface area contributed by atoms with E-state index in [2.05, 4.69) is 0 Å². The van der Waals surface area contributed by atoms with Crippen molar-refractivity contribution in [3.63, 3.8) is 0 Å². The van der Waals surface area contributed by atoms with Gasteiger partial charge in [0.15, 0.2) is 0 Å². The molecule has 112 valence electrons. The van der Waals surface area contributed by atoms with Gasteiger partial charge in [-0.15, -0.1) is 0 Å². The van der Waals surface area contributed by atoms with Gasteiger partial charge in [-0.25, -0.2) is 8.78 Å². The van der Waals surface area contributed by atoms with Crippen LogP contribution in [0.2, 0.25) is 0 Å². The van der Waals surface area contributed by atoms with Crippen LogP contribution >= 0.6 is 0 Å². The highest BCUT2D eigenvalue weighted by Crippen LogP contribution is 2.21. The smallest absolute Gasteiger partial charge is 0.324 e. The average Bonchev–Trinajstić information content (AvgIpc) is 2.43. The molecule has 1 aromatic rings. The van der Waals surface area contributed by atoms with Crippen LogP contribution in [0.1, 0.15) is 5.56 Å². The number of nitrogens with two attached hydrogens (primary N) is 1. The maximum Gasteiger partial charge on any atom is 0.324 e. The number of hydrogen-bond donors (Lipinski definition) is 2. The average molecular weight is 292 g/mol. The van der Waals surface area contributed by atoms with Crippen LogP contribution in [0.15, 0.2) is 30.3 Å². The van der Waals surface area contributed by atoms with Crippen LogP contribution in [0, 0.1) is 5.92 Å². The minimum Gasteiger partial charge on any atom is -0.350 e. The predicted octanol–water partition coefficient (Wildman–Crippen LogP) is 1.82. The minimum absolute atomic E-state index is 0.0546. The highest BCUT2D eigenvalue weighted by atomic mass is 19.3. The second-order valence-corrected chi connectivity index (χ2v) is 4.40. The van der Waals surface area contributed by atoms with Gasteiger partial charge in [-0.3, -0.25) is 4.79 Å². The second-order valence-electron chi connectivity index (χ2n) is 4.40. The summed E-state index contributed by atoms with van der Waals surface area (Å²) < 4.78 is 49.3. The molecule has 0 aliphatic rings. The lowest BCUT2D eigenvalue weighted by Gasteiger charge is -2.19. The summed E-state index contributed by atoms with van der Waals surface area (Å²) in [5.74, 6) is -5.72. The summed E-state index contributed by atoms with van der Waals surface area (Å²) in [4.78, 5) is 11.7. The summed E-state index contributed by atoms with van der Waals surface area (Å²) >= 11 is 0. The van der Waals surface area contributed by atoms with Crippen LogP contribution in [0.5, 0.6) is 0 Å². The SMILES string of the molecule is NCC(Cc1ccccc1)C(=O)NCC(F)(F)C(F)F. The Bertz CT molecular complexity index is 426. The van der Waals surface area contributed by atoms with E-state index in [1.807, 2.05) is 5.32 Å². The summed E-state index contributed by atoms with van der Waals surface area (Å²) in [5, 5.41) is 1.83. The van der Waals surface area contributed by atoms with Gasteiger partial charge in [0, 0.05) is 6.54 Å². The van der Waals surface area contributed by atoms with Crippen molar-refractivity contribution >= 4 is 5.91 Å². The molecule has 0 aliphatic carbocycles. The van der Waals surface area contributed by atoms with Crippen molar-refractivity contribution in [2.45, 2.75) is 18.8 Å². The molecular weight excluding hydrogens is 276 g/mol. The number of hydrogen-bond acceptors (Lipinski definition) is 2. The highest BCUT2D eigenvalue weighted by Gasteiger charge is 2.41. The molecule has 0 bridgehead atoms. The van der Waals surface area contributed by atoms with E-state index >= 15 is 0 Å². The zero-order valence-corrected chi connectivity index (χ0v) is 10.7. The van der Waals surface area contributed by atoms with Crippen molar-refractivity contribution in [3.05, 3.63) is 35.9 Å². The Morgan fingerprint density at radius 2 is 1.85 bits per heavy atom. The Morgan fingerprint density at radius 1 is 1.25 bits per heavy atom. The fraction of sp³-hybridized carbons (Fsp3) is 0.462. The minimum atomic E-state index is -4.23. The Kier molecular flexibility index (Phi) is 5.94. The largest absolute Gasteiger partial charge is 0.350 e. The standard InChI is InChI=1S/C13H16F4N2O/c14-12(15)13(16,17)8-19-11(20)10(7-18)6-9-4-2-1-3-5-9/h1-5,10,12H,6-8,18H2,(H,19,20). The third-order valence-electron chi connectivity index (χ3n) is 2.80. The summed E-state index contributed by atoms with van der Waals surface area (Å²) in [6.07, 6.45) is -3.54. The molecule has 1 unspecified atom stereocenters. The second kappa shape index (κ2) is 7.23. The lowest BCUT2D eigenvalue weighted by molar-refractivity contribution is -0.138. The van der Waals surface area contributed by atoms with E-state index in [4.69, 9.17) is 5.73 Å². The molecule has 0 aliphatic heterocycles. The van der Waals surface area contributed by atoms with Crippen LogP contribution < -0.4 is 11.1 Å². The lowest BCUT2D eigenvalue weighted by atomic mass is 9.98. The molecule has 20 heavy (non-hydrogen) atoms. The number of alkyl halides is 4. The van der Waals surface area contributed by atoms with Crippen LogP contribution in [0.4, 0.5) is 17.6 Å². The zero-order chi connectivity index (χ0) is 15.2. The number of carbonyl (C=O) groups excluding carboxylic acids is 1. The van der Waals surface area contributed by atoms with Gasteiger partial charge in [0.2, 0.25) is 5.91 Å². The number of halogens is 4. The fourth-order valence-corrected chi connectivity index (χ4v) is 1.61. The number of nitrogens with one attached hydrogen (secondary N) is 1. The van der Waals surface area contributed by atoms with Crippen molar-refractivity contribution in [1.82, 2.24) is 5.32 Å². The van der Waals surface area contributed by atoms with Gasteiger partial charge in [-0.1, -0.05) is 30.3 Å². The van der Waals surface area contributed by atoms with E-state index in [9.17, 15) is 22.4 Å². The summed E-state index contributed by atoms with van der Waals surface area (Å²) in [6.45, 7) is -1.45. The topological polar surface area (TPSA) is 55.1 Å². The summed E-state index contributed by atoms with van der Waals surface area (Å²) in [7, 11) is 0. The molecule has 0 saturated heterocycles. The predicted molar refractivity (Wildman–Crippen MR) is 66.7 cm³/mol. The van der Waals surface area contributed by atoms with E-state index in [-0.39, 0.29) is 13.0 Å². The van der Waals surface area contributed by atoms with Gasteiger partial charge in [0.25, 0.3) is 0 Å². The third-order valence-corrected chi connectivity index (χ3v) is 2.80. The van der Waals surface area contributed by atoms with E-state index in [0.29, 0.717) is 0 Å². The normalized spacial score (nSPS) is 13.3. The van der Waals surface area contributed by atoms with Crippen LogP contribution in [0.3, 0.4) is 0 Å². The fourth-order valence-electron chi connectivity index (χ4n) is 1.61. The highest BCUT2D eigenvalue weighted by molar-refractivity contribution is 5.79. The molecule has 1 amide bonds. The first-order valence-corrected chi connectivity index (χ1v) is 6.04. The monoisotopic (exact) mass is 292 g/mol. The lowest BCUT2D eigenvalue weighted by Crippen LogP contribution is -2.45. The molecule has 0 heterocycles. The van der Waals surface area contributed by atoms with Crippen LogP contribution in [0.25, 0.3) is 0 Å². The molecule has 0 saturated carbocycles. The molecule has 3 nitrogen and oxygen atoms in total. The van der Waals surface area contributed by atoms with E-state index < -0.39 is 30.7 Å². The Labute approximate surface area is 114 Å². The number of rotatable bonds is 7. The van der Waals surface area contributed by atoms with Gasteiger partial charge in [0.05, 0.1) is 12.5 Å². The van der Waals surface area contributed by atoms with Crippen molar-refractivity contribution in [3.8, 4) is 0 Å². The molecule has 0 fully saturated rings. The van der Waals surface area contributed by atoms with Crippen molar-refractivity contribution in [2.24, 2.45) is 11.7 Å². The van der Waals surface area contributed by atoms with Crippen LogP contribution in [-0.4, -0.2) is 31.3 Å². The quantitative estimate of drug-likeness (QED) is 0.753. The van der Waals surface area contributed by atoms with Gasteiger partial charge in [0.1, 0.15) is 0 Å². The van der Waals surface area contributed by atoms with Crippen LogP contribution in [-0.2, 0) is 11.2 Å². The summed E-state index contributed by atoms with van der Waals surface area (Å²) in [5.41, 5.74) is 6.24. The molecule has 3 N–H and O–H groups in total. The molecule has 0 radical (unpaired) electrons. The van der Waals surface area contributed by atoms with E-state index in [1.165, 1.54) is 0 Å². The van der Waals surface area contributed by atoms with Gasteiger partial charge >= 0.3 is 12.3 Å². The van der Waals surface area contributed by atoms with Crippen molar-refractivity contribution in [1.29, 1.82) is 0 Å². The Hall–Kier alpha value is -1.63. The molecule has 0 aromatic heterocycles. The molecule has 0 spiro atoms. The summed E-state index contributed by atoms with van der Waals surface area (Å²) in [6, 6.07) is 8.87. The van der Waals surface area contributed by atoms with Crippen molar-refractivity contribution in [2.75, 3.05) is 13.1 Å². The van der Waals surface area contributed by atoms with Gasteiger partial charge in [-0.05, 0) is 12.0 Å². The zero-order valence-electron chi connectivity index (χ0n) is 10.7. The molecular formula is C13H16F4N2O. The number of amides is 1. The number of carbonyl (C=O) groups is 1. The Morgan fingerprint density at radius 3 is 2.35 bits per heavy atom. The maximum atomic E-state index is 12.7. The number of benzene rings is 1.